The lowest BCUT2D eigenvalue weighted by molar-refractivity contribution is -0.384. The zero-order chi connectivity index (χ0) is 18.4. The first-order chi connectivity index (χ1) is 11.9. The van der Waals surface area contributed by atoms with Crippen LogP contribution in [0.4, 0.5) is 5.69 Å². The van der Waals surface area contributed by atoms with Gasteiger partial charge in [-0.25, -0.2) is 0 Å². The van der Waals surface area contributed by atoms with E-state index in [2.05, 4.69) is 5.32 Å². The van der Waals surface area contributed by atoms with E-state index in [4.69, 9.17) is 4.74 Å². The Kier molecular flexibility index (Phi) is 6.32. The molecule has 2 amide bonds. The fraction of sp³-hybridized carbons (Fsp3) is 0.529. The summed E-state index contributed by atoms with van der Waals surface area (Å²) in [7, 11) is 0. The van der Waals surface area contributed by atoms with Gasteiger partial charge >= 0.3 is 0 Å². The molecule has 2 rings (SSSR count). The number of nitrogens with zero attached hydrogens (tertiary/aromatic N) is 2. The molecule has 1 saturated heterocycles. The highest BCUT2D eigenvalue weighted by molar-refractivity contribution is 5.88. The molecule has 1 N–H and O–H groups in total. The summed E-state index contributed by atoms with van der Waals surface area (Å²) in [6, 6.07) is 5.03. The van der Waals surface area contributed by atoms with Gasteiger partial charge in [-0.2, -0.15) is 0 Å². The number of nitro benzene ring substituents is 1. The smallest absolute Gasteiger partial charge is 0.269 e. The minimum atomic E-state index is -0.617. The zero-order valence-electron chi connectivity index (χ0n) is 14.4. The van der Waals surface area contributed by atoms with Crippen LogP contribution in [0.25, 0.3) is 0 Å². The van der Waals surface area contributed by atoms with E-state index >= 15 is 0 Å². The minimum Gasteiger partial charge on any atom is -0.484 e. The number of carbonyl (C=O) groups is 2. The molecule has 0 aliphatic carbocycles. The van der Waals surface area contributed by atoms with E-state index in [-0.39, 0.29) is 24.2 Å². The highest BCUT2D eigenvalue weighted by Gasteiger charge is 2.27. The molecule has 1 aliphatic rings. The minimum absolute atomic E-state index is 0.0494. The number of benzene rings is 1. The quantitative estimate of drug-likeness (QED) is 0.624. The van der Waals surface area contributed by atoms with E-state index in [9.17, 15) is 19.7 Å². The third kappa shape index (κ3) is 5.17. The van der Waals surface area contributed by atoms with Gasteiger partial charge in [0.25, 0.3) is 11.6 Å². The van der Waals surface area contributed by atoms with Crippen LogP contribution in [0.15, 0.2) is 24.3 Å². The summed E-state index contributed by atoms with van der Waals surface area (Å²) in [5.41, 5.74) is -0.0494. The van der Waals surface area contributed by atoms with Crippen LogP contribution in [0, 0.1) is 10.1 Å². The van der Waals surface area contributed by atoms with Crippen molar-refractivity contribution in [2.45, 2.75) is 45.2 Å². The number of likely N-dealkylation sites (tertiary alicyclic amines) is 1. The molecule has 0 unspecified atom stereocenters. The van der Waals surface area contributed by atoms with Crippen LogP contribution in [0.5, 0.6) is 5.75 Å². The number of nitro groups is 1. The summed E-state index contributed by atoms with van der Waals surface area (Å²) in [5.74, 6) is -0.149. The van der Waals surface area contributed by atoms with Crippen LogP contribution in [0.2, 0.25) is 0 Å². The summed E-state index contributed by atoms with van der Waals surface area (Å²) in [6.45, 7) is 4.14. The molecule has 0 aromatic heterocycles. The van der Waals surface area contributed by atoms with Crippen LogP contribution < -0.4 is 10.1 Å². The van der Waals surface area contributed by atoms with Crippen molar-refractivity contribution < 1.29 is 19.2 Å². The van der Waals surface area contributed by atoms with Crippen LogP contribution in [-0.2, 0) is 9.59 Å². The first kappa shape index (κ1) is 18.7. The number of hydrogen-bond donors (Lipinski definition) is 1. The fourth-order valence-electron chi connectivity index (χ4n) is 2.83. The molecule has 1 aromatic carbocycles. The Morgan fingerprint density at radius 3 is 2.64 bits per heavy atom. The Morgan fingerprint density at radius 2 is 2.04 bits per heavy atom. The fourth-order valence-corrected chi connectivity index (χ4v) is 2.83. The summed E-state index contributed by atoms with van der Waals surface area (Å²) < 4.78 is 5.29. The Labute approximate surface area is 146 Å². The predicted octanol–water partition coefficient (Wildman–Crippen LogP) is 1.88. The summed E-state index contributed by atoms with van der Waals surface area (Å²) in [6.07, 6.45) is 3.09. The molecule has 0 saturated carbocycles. The molecular formula is C17H23N3O5. The molecule has 1 fully saturated rings. The predicted molar refractivity (Wildman–Crippen MR) is 91.2 cm³/mol. The molecule has 0 radical (unpaired) electrons. The van der Waals surface area contributed by atoms with Crippen molar-refractivity contribution >= 4 is 17.5 Å². The van der Waals surface area contributed by atoms with Gasteiger partial charge < -0.3 is 15.0 Å². The van der Waals surface area contributed by atoms with Crippen molar-refractivity contribution in [3.05, 3.63) is 34.4 Å². The van der Waals surface area contributed by atoms with Gasteiger partial charge in [0, 0.05) is 24.7 Å². The third-order valence-corrected chi connectivity index (χ3v) is 4.25. The van der Waals surface area contributed by atoms with Gasteiger partial charge in [0.15, 0.2) is 6.61 Å². The van der Waals surface area contributed by atoms with Gasteiger partial charge in [0.1, 0.15) is 11.8 Å². The summed E-state index contributed by atoms with van der Waals surface area (Å²) in [5, 5.41) is 13.2. The van der Waals surface area contributed by atoms with Crippen molar-refractivity contribution in [3.8, 4) is 5.75 Å². The van der Waals surface area contributed by atoms with E-state index in [1.54, 1.807) is 6.92 Å². The Morgan fingerprint density at radius 1 is 1.36 bits per heavy atom. The van der Waals surface area contributed by atoms with Crippen LogP contribution >= 0.6 is 0 Å². The maximum Gasteiger partial charge on any atom is 0.269 e. The van der Waals surface area contributed by atoms with Gasteiger partial charge in [-0.3, -0.25) is 19.7 Å². The third-order valence-electron chi connectivity index (χ3n) is 4.25. The van der Waals surface area contributed by atoms with Gasteiger partial charge in [-0.1, -0.05) is 0 Å². The number of hydrogen-bond acceptors (Lipinski definition) is 5. The number of piperidine rings is 1. The van der Waals surface area contributed by atoms with E-state index in [1.807, 2.05) is 11.8 Å². The van der Waals surface area contributed by atoms with Crippen LogP contribution in [0.1, 0.15) is 33.1 Å². The first-order valence-corrected chi connectivity index (χ1v) is 8.35. The molecule has 1 heterocycles. The number of nitrogens with one attached hydrogen (secondary N) is 1. The molecule has 1 aliphatic heterocycles. The van der Waals surface area contributed by atoms with Gasteiger partial charge in [-0.05, 0) is 45.2 Å². The molecular weight excluding hydrogens is 326 g/mol. The molecule has 8 nitrogen and oxygen atoms in total. The topological polar surface area (TPSA) is 102 Å². The second kappa shape index (κ2) is 8.46. The van der Waals surface area contributed by atoms with Gasteiger partial charge in [0.2, 0.25) is 5.91 Å². The normalized spacial score (nSPS) is 18.3. The zero-order valence-corrected chi connectivity index (χ0v) is 14.4. The average molecular weight is 349 g/mol. The van der Waals surface area contributed by atoms with Gasteiger partial charge in [0.05, 0.1) is 4.92 Å². The monoisotopic (exact) mass is 349 g/mol. The van der Waals surface area contributed by atoms with Crippen molar-refractivity contribution in [2.75, 3.05) is 13.2 Å². The lowest BCUT2D eigenvalue weighted by Crippen LogP contribution is -2.52. The maximum absolute atomic E-state index is 12.4. The van der Waals surface area contributed by atoms with Crippen molar-refractivity contribution in [2.24, 2.45) is 0 Å². The first-order valence-electron chi connectivity index (χ1n) is 8.35. The number of carbonyl (C=O) groups excluding carboxylic acids is 2. The standard InChI is InChI=1S/C17H23N3O5/c1-12-5-3-4-10-19(12)17(22)13(2)18-16(21)11-25-15-8-6-14(7-9-15)20(23)24/h6-9,12-13H,3-5,10-11H2,1-2H3,(H,18,21)/t12-,13+/m1/s1. The highest BCUT2D eigenvalue weighted by atomic mass is 16.6. The molecule has 0 spiro atoms. The number of ether oxygens (including phenoxy) is 1. The highest BCUT2D eigenvalue weighted by Crippen LogP contribution is 2.18. The lowest BCUT2D eigenvalue weighted by Gasteiger charge is -2.35. The van der Waals surface area contributed by atoms with Crippen molar-refractivity contribution in [1.29, 1.82) is 0 Å². The van der Waals surface area contributed by atoms with E-state index in [0.717, 1.165) is 25.8 Å². The summed E-state index contributed by atoms with van der Waals surface area (Å²) >= 11 is 0. The van der Waals surface area contributed by atoms with Crippen molar-refractivity contribution in [1.82, 2.24) is 10.2 Å². The van der Waals surface area contributed by atoms with Crippen molar-refractivity contribution in [3.63, 3.8) is 0 Å². The summed E-state index contributed by atoms with van der Waals surface area (Å²) in [4.78, 5) is 36.3. The largest absolute Gasteiger partial charge is 0.484 e. The van der Waals surface area contributed by atoms with Crippen LogP contribution in [-0.4, -0.2) is 46.9 Å². The lowest BCUT2D eigenvalue weighted by atomic mass is 10.0. The SMILES string of the molecule is C[C@H](NC(=O)COc1ccc([N+](=O)[O-])cc1)C(=O)N1CCCC[C@H]1C. The molecule has 2 atom stereocenters. The maximum atomic E-state index is 12.4. The van der Waals surface area contributed by atoms with Crippen LogP contribution in [0.3, 0.4) is 0 Å². The number of amides is 2. The Bertz CT molecular complexity index is 632. The van der Waals surface area contributed by atoms with E-state index in [1.165, 1.54) is 24.3 Å². The molecule has 25 heavy (non-hydrogen) atoms. The molecule has 136 valence electrons. The Balaban J connectivity index is 1.80. The number of non-ortho nitro benzene ring substituents is 1. The molecule has 1 aromatic rings. The molecule has 0 bridgehead atoms. The van der Waals surface area contributed by atoms with Gasteiger partial charge in [-0.15, -0.1) is 0 Å². The second-order valence-corrected chi connectivity index (χ2v) is 6.21. The average Bonchev–Trinajstić information content (AvgIpc) is 2.60. The van der Waals surface area contributed by atoms with E-state index in [0.29, 0.717) is 5.75 Å². The number of rotatable bonds is 6. The van der Waals surface area contributed by atoms with E-state index < -0.39 is 16.9 Å². The second-order valence-electron chi connectivity index (χ2n) is 6.21. The molecule has 8 heteroatoms. The Hall–Kier alpha value is -2.64.